The van der Waals surface area contributed by atoms with E-state index < -0.39 is 0 Å². The lowest BCUT2D eigenvalue weighted by molar-refractivity contribution is -0.151. The van der Waals surface area contributed by atoms with Crippen LogP contribution in [0.3, 0.4) is 0 Å². The summed E-state index contributed by atoms with van der Waals surface area (Å²) in [6.45, 7) is 3.37. The fourth-order valence-corrected chi connectivity index (χ4v) is 3.81. The highest BCUT2D eigenvalue weighted by Gasteiger charge is 2.30. The van der Waals surface area contributed by atoms with Crippen LogP contribution in [0.25, 0.3) is 0 Å². The van der Waals surface area contributed by atoms with Crippen molar-refractivity contribution in [2.24, 2.45) is 5.92 Å². The first-order valence-electron chi connectivity index (χ1n) is 10.3. The van der Waals surface area contributed by atoms with E-state index in [1.807, 2.05) is 18.2 Å². The van der Waals surface area contributed by atoms with Gasteiger partial charge < -0.3 is 14.5 Å². The SMILES string of the molecule is CCOC(=O)C1CCCN(C(=O)CN(C)C(=O)c2cnn(Cc3ccccc3Cl)c2)C1. The van der Waals surface area contributed by atoms with Crippen LogP contribution >= 0.6 is 11.6 Å². The lowest BCUT2D eigenvalue weighted by Crippen LogP contribution is -2.47. The van der Waals surface area contributed by atoms with Gasteiger partial charge in [-0.2, -0.15) is 5.10 Å². The quantitative estimate of drug-likeness (QED) is 0.610. The first-order valence-corrected chi connectivity index (χ1v) is 10.7. The van der Waals surface area contributed by atoms with E-state index in [2.05, 4.69) is 5.10 Å². The van der Waals surface area contributed by atoms with Crippen molar-refractivity contribution in [2.45, 2.75) is 26.3 Å². The molecule has 3 rings (SSSR count). The van der Waals surface area contributed by atoms with Gasteiger partial charge in [0.25, 0.3) is 5.91 Å². The zero-order valence-corrected chi connectivity index (χ0v) is 18.5. The summed E-state index contributed by atoms with van der Waals surface area (Å²) >= 11 is 6.18. The summed E-state index contributed by atoms with van der Waals surface area (Å²) in [5, 5.41) is 4.87. The van der Waals surface area contributed by atoms with Crippen LogP contribution in [-0.4, -0.2) is 70.7 Å². The number of benzene rings is 1. The summed E-state index contributed by atoms with van der Waals surface area (Å²) in [4.78, 5) is 40.5. The molecular weight excluding hydrogens is 420 g/mol. The molecule has 1 aromatic carbocycles. The molecular formula is C22H27ClN4O4. The van der Waals surface area contributed by atoms with E-state index in [0.29, 0.717) is 43.2 Å². The molecule has 0 radical (unpaired) electrons. The van der Waals surface area contributed by atoms with Gasteiger partial charge in [-0.05, 0) is 31.4 Å². The molecule has 0 N–H and O–H groups in total. The van der Waals surface area contributed by atoms with Crippen LogP contribution in [-0.2, 0) is 20.9 Å². The molecule has 1 saturated heterocycles. The van der Waals surface area contributed by atoms with Crippen LogP contribution < -0.4 is 0 Å². The van der Waals surface area contributed by atoms with Gasteiger partial charge in [-0.3, -0.25) is 19.1 Å². The van der Waals surface area contributed by atoms with Gasteiger partial charge in [-0.15, -0.1) is 0 Å². The highest BCUT2D eigenvalue weighted by Crippen LogP contribution is 2.19. The molecule has 31 heavy (non-hydrogen) atoms. The normalized spacial score (nSPS) is 16.1. The number of aromatic nitrogens is 2. The number of nitrogens with zero attached hydrogens (tertiary/aromatic N) is 4. The second-order valence-corrected chi connectivity index (χ2v) is 8.02. The Balaban J connectivity index is 1.56. The number of halogens is 1. The maximum absolute atomic E-state index is 12.8. The number of piperidine rings is 1. The van der Waals surface area contributed by atoms with Crippen molar-refractivity contribution >= 4 is 29.4 Å². The van der Waals surface area contributed by atoms with Gasteiger partial charge in [-0.25, -0.2) is 0 Å². The lowest BCUT2D eigenvalue weighted by atomic mass is 9.98. The summed E-state index contributed by atoms with van der Waals surface area (Å²) in [6.07, 6.45) is 4.58. The van der Waals surface area contributed by atoms with Crippen molar-refractivity contribution in [2.75, 3.05) is 33.3 Å². The Labute approximate surface area is 186 Å². The summed E-state index contributed by atoms with van der Waals surface area (Å²) in [5.74, 6) is -1.05. The Morgan fingerprint density at radius 1 is 1.29 bits per heavy atom. The number of hydrogen-bond acceptors (Lipinski definition) is 5. The number of hydrogen-bond donors (Lipinski definition) is 0. The summed E-state index contributed by atoms with van der Waals surface area (Å²) in [6, 6.07) is 7.45. The average Bonchev–Trinajstić information content (AvgIpc) is 3.23. The third-order valence-corrected chi connectivity index (χ3v) is 5.65. The van der Waals surface area contributed by atoms with Crippen molar-refractivity contribution in [1.29, 1.82) is 0 Å². The first kappa shape index (κ1) is 22.8. The third-order valence-electron chi connectivity index (χ3n) is 5.28. The number of carbonyl (C=O) groups excluding carboxylic acids is 3. The molecule has 9 heteroatoms. The fourth-order valence-electron chi connectivity index (χ4n) is 3.61. The van der Waals surface area contributed by atoms with E-state index in [1.54, 1.807) is 35.8 Å². The zero-order valence-electron chi connectivity index (χ0n) is 17.8. The number of carbonyl (C=O) groups is 3. The van der Waals surface area contributed by atoms with Crippen LogP contribution in [0.4, 0.5) is 0 Å². The number of amides is 2. The van der Waals surface area contributed by atoms with Crippen molar-refractivity contribution < 1.29 is 19.1 Å². The molecule has 1 fully saturated rings. The number of rotatable bonds is 7. The molecule has 0 bridgehead atoms. The van der Waals surface area contributed by atoms with Gasteiger partial charge in [0.1, 0.15) is 0 Å². The molecule has 2 aromatic rings. The highest BCUT2D eigenvalue weighted by molar-refractivity contribution is 6.31. The predicted octanol–water partition coefficient (Wildman–Crippen LogP) is 2.46. The van der Waals surface area contributed by atoms with Crippen LogP contribution in [0.15, 0.2) is 36.7 Å². The standard InChI is InChI=1S/C22H27ClN4O4/c1-3-31-22(30)17-8-6-10-26(12-17)20(28)15-25(2)21(29)18-11-24-27(14-18)13-16-7-4-5-9-19(16)23/h4-5,7,9,11,14,17H,3,6,8,10,12-13,15H2,1-2H3. The second kappa shape index (κ2) is 10.4. The maximum Gasteiger partial charge on any atom is 0.310 e. The van der Waals surface area contributed by atoms with Crippen molar-refractivity contribution in [3.63, 3.8) is 0 Å². The van der Waals surface area contributed by atoms with E-state index in [4.69, 9.17) is 16.3 Å². The minimum absolute atomic E-state index is 0.0654. The molecule has 2 heterocycles. The van der Waals surface area contributed by atoms with Crippen molar-refractivity contribution in [1.82, 2.24) is 19.6 Å². The Kier molecular flexibility index (Phi) is 7.68. The summed E-state index contributed by atoms with van der Waals surface area (Å²) in [5.41, 5.74) is 1.29. The van der Waals surface area contributed by atoms with Crippen LogP contribution in [0.1, 0.15) is 35.7 Å². The molecule has 166 valence electrons. The molecule has 1 unspecified atom stereocenters. The molecule has 0 spiro atoms. The van der Waals surface area contributed by atoms with Gasteiger partial charge in [0.15, 0.2) is 0 Å². The van der Waals surface area contributed by atoms with E-state index in [0.717, 1.165) is 12.0 Å². The van der Waals surface area contributed by atoms with E-state index >= 15 is 0 Å². The Bertz CT molecular complexity index is 945. The largest absolute Gasteiger partial charge is 0.466 e. The third kappa shape index (κ3) is 5.85. The Morgan fingerprint density at radius 2 is 2.06 bits per heavy atom. The Morgan fingerprint density at radius 3 is 2.81 bits per heavy atom. The number of esters is 1. The minimum atomic E-state index is -0.304. The molecule has 2 amide bonds. The second-order valence-electron chi connectivity index (χ2n) is 7.61. The topological polar surface area (TPSA) is 84.7 Å². The predicted molar refractivity (Wildman–Crippen MR) is 116 cm³/mol. The molecule has 8 nitrogen and oxygen atoms in total. The summed E-state index contributed by atoms with van der Waals surface area (Å²) < 4.78 is 6.72. The van der Waals surface area contributed by atoms with E-state index in [-0.39, 0.29) is 30.2 Å². The smallest absolute Gasteiger partial charge is 0.310 e. The molecule has 1 aliphatic rings. The fraction of sp³-hybridized carbons (Fsp3) is 0.455. The lowest BCUT2D eigenvalue weighted by Gasteiger charge is -2.32. The van der Waals surface area contributed by atoms with Crippen LogP contribution in [0, 0.1) is 5.92 Å². The van der Waals surface area contributed by atoms with Crippen LogP contribution in [0.5, 0.6) is 0 Å². The molecule has 1 atom stereocenters. The maximum atomic E-state index is 12.8. The minimum Gasteiger partial charge on any atom is -0.466 e. The van der Waals surface area contributed by atoms with Gasteiger partial charge in [0.05, 0.1) is 37.4 Å². The summed E-state index contributed by atoms with van der Waals surface area (Å²) in [7, 11) is 1.58. The highest BCUT2D eigenvalue weighted by atomic mass is 35.5. The van der Waals surface area contributed by atoms with Crippen molar-refractivity contribution in [3.8, 4) is 0 Å². The number of ether oxygens (including phenoxy) is 1. The van der Waals surface area contributed by atoms with E-state index in [9.17, 15) is 14.4 Å². The van der Waals surface area contributed by atoms with Gasteiger partial charge >= 0.3 is 5.97 Å². The number of likely N-dealkylation sites (tertiary alicyclic amines) is 1. The molecule has 0 saturated carbocycles. The Hall–Kier alpha value is -2.87. The molecule has 0 aliphatic carbocycles. The van der Waals surface area contributed by atoms with E-state index in [1.165, 1.54) is 11.1 Å². The average molecular weight is 447 g/mol. The first-order chi connectivity index (χ1) is 14.9. The van der Waals surface area contributed by atoms with Crippen molar-refractivity contribution in [3.05, 3.63) is 52.8 Å². The van der Waals surface area contributed by atoms with Crippen LogP contribution in [0.2, 0.25) is 5.02 Å². The zero-order chi connectivity index (χ0) is 22.4. The van der Waals surface area contributed by atoms with Gasteiger partial charge in [0, 0.05) is 31.4 Å². The monoisotopic (exact) mass is 446 g/mol. The van der Waals surface area contributed by atoms with Gasteiger partial charge in [0.2, 0.25) is 5.91 Å². The van der Waals surface area contributed by atoms with Gasteiger partial charge in [-0.1, -0.05) is 29.8 Å². The molecule has 1 aliphatic heterocycles. The number of likely N-dealkylation sites (N-methyl/N-ethyl adjacent to an activating group) is 1. The molecule has 1 aromatic heterocycles.